The monoisotopic (exact) mass is 395 g/mol. The van der Waals surface area contributed by atoms with Crippen LogP contribution in [0.4, 0.5) is 5.69 Å². The number of benzene rings is 3. The number of amides is 1. The fraction of sp³-hybridized carbons (Fsp3) is 0.160. The van der Waals surface area contributed by atoms with Gasteiger partial charge in [0.25, 0.3) is 11.6 Å². The van der Waals surface area contributed by atoms with Crippen molar-refractivity contribution in [3.8, 4) is 5.75 Å². The van der Waals surface area contributed by atoms with Crippen LogP contribution in [0.2, 0.25) is 0 Å². The van der Waals surface area contributed by atoms with Crippen molar-refractivity contribution in [1.29, 1.82) is 0 Å². The predicted molar refractivity (Wildman–Crippen MR) is 115 cm³/mol. The maximum absolute atomic E-state index is 13.5. The van der Waals surface area contributed by atoms with Gasteiger partial charge < -0.3 is 15.5 Å². The first-order chi connectivity index (χ1) is 14.7. The smallest absolute Gasteiger partial charge is 0.291 e. The summed E-state index contributed by atoms with van der Waals surface area (Å²) in [7, 11) is 0. The fourth-order valence-corrected chi connectivity index (χ4v) is 4.65. The van der Waals surface area contributed by atoms with Crippen molar-refractivity contribution < 1.29 is 9.53 Å². The van der Waals surface area contributed by atoms with Crippen LogP contribution in [-0.4, -0.2) is 10.9 Å². The Balaban J connectivity index is 1.56. The number of nitrogens with zero attached hydrogens (tertiary/aromatic N) is 1. The van der Waals surface area contributed by atoms with Crippen LogP contribution in [0.25, 0.3) is 5.70 Å². The Kier molecular flexibility index (Phi) is 3.58. The van der Waals surface area contributed by atoms with Gasteiger partial charge in [0.2, 0.25) is 0 Å². The zero-order valence-electron chi connectivity index (χ0n) is 16.6. The lowest BCUT2D eigenvalue weighted by molar-refractivity contribution is -0.165. The van der Waals surface area contributed by atoms with Crippen molar-refractivity contribution in [1.82, 2.24) is 10.4 Å². The Morgan fingerprint density at radius 3 is 2.67 bits per heavy atom. The number of para-hydroxylation sites is 1. The molecule has 2 N–H and O–H groups in total. The molecule has 2 atom stereocenters. The van der Waals surface area contributed by atoms with E-state index in [1.807, 2.05) is 47.5 Å². The standard InChI is InChI=1S/C25H21N3O2/c1-2-16-12-13-20-19(14-16)25(24(29)26-20)28-22(18-10-6-7-11-23(18)30-25)15-21(27-28)17-8-4-3-5-9-17/h3-15,22,27H,2H2,1H3,(H,26,29). The second kappa shape index (κ2) is 6.21. The highest BCUT2D eigenvalue weighted by Gasteiger charge is 2.60. The minimum atomic E-state index is -1.27. The summed E-state index contributed by atoms with van der Waals surface area (Å²) >= 11 is 0. The number of ether oxygens (including phenoxy) is 1. The van der Waals surface area contributed by atoms with E-state index in [9.17, 15) is 4.79 Å². The van der Waals surface area contributed by atoms with Crippen LogP contribution in [0.3, 0.4) is 0 Å². The van der Waals surface area contributed by atoms with Crippen LogP contribution in [-0.2, 0) is 16.9 Å². The van der Waals surface area contributed by atoms with Crippen molar-refractivity contribution in [2.24, 2.45) is 0 Å². The minimum absolute atomic E-state index is 0.132. The van der Waals surface area contributed by atoms with Crippen LogP contribution >= 0.6 is 0 Å². The molecular weight excluding hydrogens is 374 g/mol. The van der Waals surface area contributed by atoms with Crippen LogP contribution in [0, 0.1) is 0 Å². The summed E-state index contributed by atoms with van der Waals surface area (Å²) in [5.41, 5.74) is 8.11. The second-order valence-electron chi connectivity index (χ2n) is 7.84. The summed E-state index contributed by atoms with van der Waals surface area (Å²) in [5, 5.41) is 5.00. The van der Waals surface area contributed by atoms with Gasteiger partial charge in [-0.15, -0.1) is 0 Å². The van der Waals surface area contributed by atoms with Crippen LogP contribution in [0.15, 0.2) is 78.9 Å². The molecule has 0 aromatic heterocycles. The van der Waals surface area contributed by atoms with E-state index >= 15 is 0 Å². The van der Waals surface area contributed by atoms with Crippen LogP contribution < -0.4 is 15.5 Å². The minimum Gasteiger partial charge on any atom is -0.457 e. The maximum Gasteiger partial charge on any atom is 0.291 e. The molecule has 6 rings (SSSR count). The summed E-state index contributed by atoms with van der Waals surface area (Å²) in [6.07, 6.45) is 3.06. The zero-order valence-corrected chi connectivity index (χ0v) is 16.6. The van der Waals surface area contributed by atoms with E-state index in [1.165, 1.54) is 5.56 Å². The normalized spacial score (nSPS) is 23.7. The highest BCUT2D eigenvalue weighted by molar-refractivity contribution is 6.05. The SMILES string of the molecule is CCc1ccc2c(c1)C1(Oc3ccccc3C3C=C(c4ccccc4)NN31)C(=O)N2. The fourth-order valence-electron chi connectivity index (χ4n) is 4.65. The highest BCUT2D eigenvalue weighted by Crippen LogP contribution is 2.52. The number of fused-ring (bicyclic) bond motifs is 6. The molecule has 0 radical (unpaired) electrons. The third kappa shape index (κ3) is 2.24. The molecule has 3 aromatic carbocycles. The molecule has 0 bridgehead atoms. The Morgan fingerprint density at radius 1 is 1.03 bits per heavy atom. The lowest BCUT2D eigenvalue weighted by Crippen LogP contribution is -2.60. The summed E-state index contributed by atoms with van der Waals surface area (Å²) in [5.74, 6) is 0.552. The molecule has 0 saturated carbocycles. The van der Waals surface area contributed by atoms with E-state index in [4.69, 9.17) is 4.74 Å². The van der Waals surface area contributed by atoms with Gasteiger partial charge in [0, 0.05) is 11.1 Å². The maximum atomic E-state index is 13.5. The van der Waals surface area contributed by atoms with E-state index in [-0.39, 0.29) is 11.9 Å². The molecule has 2 unspecified atom stereocenters. The largest absolute Gasteiger partial charge is 0.457 e. The molecular formula is C25H21N3O2. The van der Waals surface area contributed by atoms with Crippen molar-refractivity contribution in [2.45, 2.75) is 25.1 Å². The average molecular weight is 395 g/mol. The highest BCUT2D eigenvalue weighted by atomic mass is 16.5. The summed E-state index contributed by atoms with van der Waals surface area (Å²) in [6.45, 7) is 2.11. The predicted octanol–water partition coefficient (Wildman–Crippen LogP) is 4.35. The van der Waals surface area contributed by atoms with Crippen LogP contribution in [0.5, 0.6) is 5.75 Å². The molecule has 0 fully saturated rings. The molecule has 0 aliphatic carbocycles. The van der Waals surface area contributed by atoms with E-state index in [2.05, 4.69) is 54.1 Å². The van der Waals surface area contributed by atoms with E-state index in [0.717, 1.165) is 40.2 Å². The molecule has 1 spiro atoms. The number of nitrogens with one attached hydrogen (secondary N) is 2. The Labute approximate surface area is 174 Å². The van der Waals surface area contributed by atoms with Crippen molar-refractivity contribution in [3.05, 3.63) is 101 Å². The molecule has 1 amide bonds. The molecule has 3 heterocycles. The third-order valence-electron chi connectivity index (χ3n) is 6.18. The first-order valence-corrected chi connectivity index (χ1v) is 10.3. The Morgan fingerprint density at radius 2 is 1.83 bits per heavy atom. The number of carbonyl (C=O) groups excluding carboxylic acids is 1. The van der Waals surface area contributed by atoms with Gasteiger partial charge in [-0.05, 0) is 41.8 Å². The van der Waals surface area contributed by atoms with E-state index in [0.29, 0.717) is 0 Å². The molecule has 148 valence electrons. The lowest BCUT2D eigenvalue weighted by Gasteiger charge is -2.44. The van der Waals surface area contributed by atoms with Gasteiger partial charge >= 0.3 is 0 Å². The van der Waals surface area contributed by atoms with Crippen LogP contribution in [0.1, 0.15) is 35.2 Å². The summed E-state index contributed by atoms with van der Waals surface area (Å²) < 4.78 is 6.53. The second-order valence-corrected chi connectivity index (χ2v) is 7.84. The third-order valence-corrected chi connectivity index (χ3v) is 6.18. The number of hydrogen-bond donors (Lipinski definition) is 2. The lowest BCUT2D eigenvalue weighted by atomic mass is 9.94. The quantitative estimate of drug-likeness (QED) is 0.677. The van der Waals surface area contributed by atoms with Gasteiger partial charge in [-0.2, -0.15) is 5.01 Å². The molecule has 3 aliphatic heterocycles. The molecule has 0 saturated heterocycles. The molecule has 5 heteroatoms. The summed E-state index contributed by atoms with van der Waals surface area (Å²) in [4.78, 5) is 13.5. The Hall–Kier alpha value is -3.57. The van der Waals surface area contributed by atoms with E-state index < -0.39 is 5.72 Å². The number of hydrazine groups is 1. The van der Waals surface area contributed by atoms with Gasteiger partial charge in [-0.1, -0.05) is 61.5 Å². The van der Waals surface area contributed by atoms with Crippen molar-refractivity contribution >= 4 is 17.3 Å². The number of carbonyl (C=O) groups is 1. The molecule has 3 aliphatic rings. The number of aryl methyl sites for hydroxylation is 1. The number of rotatable bonds is 2. The molecule has 3 aromatic rings. The topological polar surface area (TPSA) is 53.6 Å². The summed E-state index contributed by atoms with van der Waals surface area (Å²) in [6, 6.07) is 24.1. The number of hydrogen-bond acceptors (Lipinski definition) is 4. The van der Waals surface area contributed by atoms with Gasteiger partial charge in [-0.3, -0.25) is 4.79 Å². The Bertz CT molecular complexity index is 1200. The number of anilines is 1. The van der Waals surface area contributed by atoms with Gasteiger partial charge in [0.05, 0.1) is 17.4 Å². The zero-order chi connectivity index (χ0) is 20.3. The van der Waals surface area contributed by atoms with Gasteiger partial charge in [-0.25, -0.2) is 0 Å². The van der Waals surface area contributed by atoms with Crippen molar-refractivity contribution in [2.75, 3.05) is 5.32 Å². The first kappa shape index (κ1) is 17.3. The van der Waals surface area contributed by atoms with Gasteiger partial charge in [0.1, 0.15) is 5.75 Å². The molecule has 30 heavy (non-hydrogen) atoms. The average Bonchev–Trinajstić information content (AvgIpc) is 3.35. The van der Waals surface area contributed by atoms with Gasteiger partial charge in [0.15, 0.2) is 0 Å². The molecule has 5 nitrogen and oxygen atoms in total. The van der Waals surface area contributed by atoms with E-state index in [1.54, 1.807) is 0 Å². The first-order valence-electron chi connectivity index (χ1n) is 10.3. The van der Waals surface area contributed by atoms with Crippen molar-refractivity contribution in [3.63, 3.8) is 0 Å².